The molecule has 7 heteroatoms. The summed E-state index contributed by atoms with van der Waals surface area (Å²) in [6.45, 7) is 1.46. The summed E-state index contributed by atoms with van der Waals surface area (Å²) in [4.78, 5) is 25.7. The molecule has 0 bridgehead atoms. The molecule has 0 unspecified atom stereocenters. The van der Waals surface area contributed by atoms with Crippen molar-refractivity contribution in [1.29, 1.82) is 0 Å². The number of nitrogens with one attached hydrogen (secondary N) is 1. The van der Waals surface area contributed by atoms with Gasteiger partial charge in [-0.1, -0.05) is 12.1 Å². The lowest BCUT2D eigenvalue weighted by Gasteiger charge is -2.15. The largest absolute Gasteiger partial charge is 0.497 e. The van der Waals surface area contributed by atoms with E-state index in [-0.39, 0.29) is 11.8 Å². The highest BCUT2D eigenvalue weighted by Gasteiger charge is 2.15. The van der Waals surface area contributed by atoms with Crippen LogP contribution in [0.2, 0.25) is 0 Å². The number of carbonyl (C=O) groups is 2. The van der Waals surface area contributed by atoms with Gasteiger partial charge in [-0.05, 0) is 65.7 Å². The van der Waals surface area contributed by atoms with Crippen molar-refractivity contribution < 1.29 is 23.8 Å². The quantitative estimate of drug-likeness (QED) is 0.375. The first kappa shape index (κ1) is 24.4. The van der Waals surface area contributed by atoms with E-state index in [1.54, 1.807) is 70.8 Å². The second kappa shape index (κ2) is 11.0. The van der Waals surface area contributed by atoms with Crippen molar-refractivity contribution in [2.45, 2.75) is 6.92 Å². The molecule has 0 aromatic heterocycles. The molecule has 34 heavy (non-hydrogen) atoms. The van der Waals surface area contributed by atoms with Crippen LogP contribution in [0, 0.1) is 0 Å². The van der Waals surface area contributed by atoms with Crippen LogP contribution in [0.25, 0.3) is 11.6 Å². The fourth-order valence-corrected chi connectivity index (χ4v) is 3.24. The van der Waals surface area contributed by atoms with Crippen molar-refractivity contribution in [3.8, 4) is 23.0 Å². The van der Waals surface area contributed by atoms with Gasteiger partial charge in [-0.25, -0.2) is 0 Å². The van der Waals surface area contributed by atoms with Crippen LogP contribution in [-0.4, -0.2) is 45.0 Å². The Hall–Kier alpha value is -4.26. The topological polar surface area (TPSA) is 77.1 Å². The van der Waals surface area contributed by atoms with Gasteiger partial charge in [-0.15, -0.1) is 0 Å². The summed E-state index contributed by atoms with van der Waals surface area (Å²) in [7, 11) is 6.59. The minimum Gasteiger partial charge on any atom is -0.497 e. The smallest absolute Gasteiger partial charge is 0.253 e. The summed E-state index contributed by atoms with van der Waals surface area (Å²) in [6, 6.07) is 19.8. The van der Waals surface area contributed by atoms with Gasteiger partial charge in [0, 0.05) is 38.3 Å². The molecule has 0 heterocycles. The Kier molecular flexibility index (Phi) is 7.92. The van der Waals surface area contributed by atoms with Gasteiger partial charge in [-0.3, -0.25) is 9.59 Å². The van der Waals surface area contributed by atoms with Crippen molar-refractivity contribution in [1.82, 2.24) is 4.90 Å². The second-order valence-corrected chi connectivity index (χ2v) is 7.74. The summed E-state index contributed by atoms with van der Waals surface area (Å²) in [6.07, 6.45) is 1.81. The van der Waals surface area contributed by atoms with Crippen LogP contribution < -0.4 is 19.5 Å². The highest BCUT2D eigenvalue weighted by Crippen LogP contribution is 2.29. The number of anilines is 1. The maximum atomic E-state index is 13.0. The van der Waals surface area contributed by atoms with E-state index in [0.717, 1.165) is 11.1 Å². The molecule has 0 saturated heterocycles. The summed E-state index contributed by atoms with van der Waals surface area (Å²) in [5, 5.41) is 2.72. The average molecular weight is 461 g/mol. The number of amides is 2. The number of hydrogen-bond donors (Lipinski definition) is 1. The number of methoxy groups -OCH3 is 2. The van der Waals surface area contributed by atoms with Crippen LogP contribution in [0.5, 0.6) is 23.0 Å². The lowest BCUT2D eigenvalue weighted by molar-refractivity contribution is -0.122. The third-order valence-corrected chi connectivity index (χ3v) is 4.90. The monoisotopic (exact) mass is 460 g/mol. The molecule has 0 saturated carbocycles. The molecule has 0 aliphatic carbocycles. The fraction of sp³-hybridized carbons (Fsp3) is 0.185. The number of carbonyl (C=O) groups excluding carboxylic acids is 2. The molecule has 0 aliphatic rings. The lowest BCUT2D eigenvalue weighted by Crippen LogP contribution is -2.22. The molecule has 2 amide bonds. The first-order valence-electron chi connectivity index (χ1n) is 10.6. The molecule has 7 nitrogen and oxygen atoms in total. The van der Waals surface area contributed by atoms with Crippen molar-refractivity contribution in [3.63, 3.8) is 0 Å². The van der Waals surface area contributed by atoms with Gasteiger partial charge in [-0.2, -0.15) is 0 Å². The first-order valence-corrected chi connectivity index (χ1v) is 10.6. The minimum absolute atomic E-state index is 0.132. The molecule has 3 aromatic rings. The molecular formula is C27H28N2O5. The Bertz CT molecular complexity index is 1160. The van der Waals surface area contributed by atoms with Crippen molar-refractivity contribution in [3.05, 3.63) is 77.9 Å². The van der Waals surface area contributed by atoms with E-state index in [4.69, 9.17) is 14.2 Å². The molecule has 0 radical (unpaired) electrons. The second-order valence-electron chi connectivity index (χ2n) is 7.74. The molecule has 3 aromatic carbocycles. The van der Waals surface area contributed by atoms with Crippen LogP contribution >= 0.6 is 0 Å². The van der Waals surface area contributed by atoms with Crippen LogP contribution in [0.3, 0.4) is 0 Å². The molecular weight excluding hydrogens is 432 g/mol. The molecule has 0 aliphatic heterocycles. The van der Waals surface area contributed by atoms with Gasteiger partial charge in [0.25, 0.3) is 5.91 Å². The Morgan fingerprint density at radius 3 is 1.79 bits per heavy atom. The number of hydrogen-bond acceptors (Lipinski definition) is 5. The maximum Gasteiger partial charge on any atom is 0.253 e. The van der Waals surface area contributed by atoms with Crippen LogP contribution in [0.1, 0.15) is 18.1 Å². The molecule has 1 N–H and O–H groups in total. The van der Waals surface area contributed by atoms with E-state index >= 15 is 0 Å². The summed E-state index contributed by atoms with van der Waals surface area (Å²) < 4.78 is 16.6. The predicted octanol–water partition coefficient (Wildman–Crippen LogP) is 5.08. The molecule has 0 fully saturated rings. The highest BCUT2D eigenvalue weighted by atomic mass is 16.5. The fourth-order valence-electron chi connectivity index (χ4n) is 3.24. The summed E-state index contributed by atoms with van der Waals surface area (Å²) >= 11 is 0. The SMILES string of the molecule is COc1cc(/C=C(/C(=O)N(C)C)c2ccc(Oc3ccc(NC(C)=O)cc3)cc2)cc(OC)c1. The van der Waals surface area contributed by atoms with Gasteiger partial charge in [0.15, 0.2) is 0 Å². The van der Waals surface area contributed by atoms with Crippen LogP contribution in [-0.2, 0) is 9.59 Å². The number of ether oxygens (including phenoxy) is 3. The van der Waals surface area contributed by atoms with Crippen LogP contribution in [0.4, 0.5) is 5.69 Å². The summed E-state index contributed by atoms with van der Waals surface area (Å²) in [5.41, 5.74) is 2.74. The molecule has 0 atom stereocenters. The minimum atomic E-state index is -0.135. The Morgan fingerprint density at radius 2 is 1.32 bits per heavy atom. The Balaban J connectivity index is 1.88. The third kappa shape index (κ3) is 6.38. The molecule has 176 valence electrons. The average Bonchev–Trinajstić information content (AvgIpc) is 2.83. The first-order chi connectivity index (χ1) is 16.3. The predicted molar refractivity (Wildman–Crippen MR) is 133 cm³/mol. The normalized spacial score (nSPS) is 10.9. The molecule has 0 spiro atoms. The van der Waals surface area contributed by atoms with Gasteiger partial charge in [0.1, 0.15) is 23.0 Å². The Morgan fingerprint density at radius 1 is 0.794 bits per heavy atom. The van der Waals surface area contributed by atoms with Gasteiger partial charge >= 0.3 is 0 Å². The zero-order valence-electron chi connectivity index (χ0n) is 19.9. The van der Waals surface area contributed by atoms with Crippen molar-refractivity contribution in [2.75, 3.05) is 33.6 Å². The van der Waals surface area contributed by atoms with Gasteiger partial charge in [0.05, 0.1) is 14.2 Å². The van der Waals surface area contributed by atoms with Crippen LogP contribution in [0.15, 0.2) is 66.7 Å². The van der Waals surface area contributed by atoms with E-state index in [1.807, 2.05) is 30.3 Å². The van der Waals surface area contributed by atoms with Crippen molar-refractivity contribution >= 4 is 29.2 Å². The highest BCUT2D eigenvalue weighted by molar-refractivity contribution is 6.24. The van der Waals surface area contributed by atoms with E-state index in [9.17, 15) is 9.59 Å². The standard InChI is InChI=1S/C27H28N2O5/c1-18(30)28-21-8-12-23(13-9-21)34-22-10-6-20(7-11-22)26(27(31)29(2)3)16-19-14-24(32-4)17-25(15-19)33-5/h6-17H,1-5H3,(H,28,30)/b26-16+. The zero-order chi connectivity index (χ0) is 24.7. The van der Waals surface area contributed by atoms with E-state index in [1.165, 1.54) is 11.8 Å². The van der Waals surface area contributed by atoms with E-state index in [0.29, 0.717) is 34.3 Å². The molecule has 3 rings (SSSR count). The number of benzene rings is 3. The van der Waals surface area contributed by atoms with E-state index in [2.05, 4.69) is 5.32 Å². The maximum absolute atomic E-state index is 13.0. The lowest BCUT2D eigenvalue weighted by atomic mass is 10.0. The number of nitrogens with zero attached hydrogens (tertiary/aromatic N) is 1. The zero-order valence-corrected chi connectivity index (χ0v) is 19.9. The summed E-state index contributed by atoms with van der Waals surface area (Å²) in [5.74, 6) is 2.25. The Labute approximate surface area is 199 Å². The number of rotatable bonds is 8. The van der Waals surface area contributed by atoms with Crippen molar-refractivity contribution in [2.24, 2.45) is 0 Å². The van der Waals surface area contributed by atoms with E-state index < -0.39 is 0 Å². The van der Waals surface area contributed by atoms with Gasteiger partial charge < -0.3 is 24.4 Å². The van der Waals surface area contributed by atoms with Gasteiger partial charge in [0.2, 0.25) is 5.91 Å². The third-order valence-electron chi connectivity index (χ3n) is 4.90. The number of likely N-dealkylation sites (N-methyl/N-ethyl adjacent to an activating group) is 1.